The van der Waals surface area contributed by atoms with Gasteiger partial charge >= 0.3 is 0 Å². The van der Waals surface area contributed by atoms with Gasteiger partial charge in [0.15, 0.2) is 0 Å². The van der Waals surface area contributed by atoms with Gasteiger partial charge in [-0.3, -0.25) is 4.90 Å². The third-order valence-corrected chi connectivity index (χ3v) is 7.59. The quantitative estimate of drug-likeness (QED) is 0.675. The smallest absolute Gasteiger partial charge is 0.282 e. The molecule has 152 valence electrons. The summed E-state index contributed by atoms with van der Waals surface area (Å²) in [4.78, 5) is 4.35. The van der Waals surface area contributed by atoms with Crippen LogP contribution in [0.4, 0.5) is 0 Å². The minimum absolute atomic E-state index is 0.477. The van der Waals surface area contributed by atoms with E-state index in [1.807, 2.05) is 7.05 Å². The predicted molar refractivity (Wildman–Crippen MR) is 108 cm³/mol. The van der Waals surface area contributed by atoms with Gasteiger partial charge in [-0.1, -0.05) is 23.2 Å². The molecule has 0 radical (unpaired) electrons. The molecule has 0 unspecified atom stereocenters. The standard InChI is InChI=1S/C17H26Cl2N4O3S/c1-20-4-8-22(9-5-20)27(24,25)23-10-6-21(7-11-23)12-13-26-17-14-15(18)2-3-16(17)19/h2-3,14H,4-13H2,1H3. The summed E-state index contributed by atoms with van der Waals surface area (Å²) < 4.78 is 34.5. The molecule has 2 fully saturated rings. The number of benzene rings is 1. The summed E-state index contributed by atoms with van der Waals surface area (Å²) in [6.07, 6.45) is 0. The molecule has 0 saturated carbocycles. The van der Waals surface area contributed by atoms with Gasteiger partial charge in [-0.15, -0.1) is 0 Å². The van der Waals surface area contributed by atoms with E-state index in [-0.39, 0.29) is 0 Å². The van der Waals surface area contributed by atoms with Crippen LogP contribution < -0.4 is 4.74 Å². The Labute approximate surface area is 171 Å². The van der Waals surface area contributed by atoms with Crippen molar-refractivity contribution in [3.63, 3.8) is 0 Å². The maximum Gasteiger partial charge on any atom is 0.282 e. The molecule has 0 amide bonds. The van der Waals surface area contributed by atoms with Crippen molar-refractivity contribution in [1.29, 1.82) is 0 Å². The van der Waals surface area contributed by atoms with Crippen molar-refractivity contribution < 1.29 is 13.2 Å². The van der Waals surface area contributed by atoms with Crippen LogP contribution in [0.2, 0.25) is 10.0 Å². The number of piperazine rings is 2. The van der Waals surface area contributed by atoms with Crippen molar-refractivity contribution >= 4 is 33.4 Å². The second kappa shape index (κ2) is 9.26. The van der Waals surface area contributed by atoms with E-state index in [0.29, 0.717) is 68.2 Å². The third kappa shape index (κ3) is 5.47. The van der Waals surface area contributed by atoms with Gasteiger partial charge in [-0.2, -0.15) is 17.0 Å². The van der Waals surface area contributed by atoms with Crippen LogP contribution in [0, 0.1) is 0 Å². The van der Waals surface area contributed by atoms with Gasteiger partial charge < -0.3 is 9.64 Å². The van der Waals surface area contributed by atoms with E-state index in [9.17, 15) is 8.42 Å². The Morgan fingerprint density at radius 3 is 2.19 bits per heavy atom. The van der Waals surface area contributed by atoms with Crippen LogP contribution in [0.1, 0.15) is 0 Å². The molecule has 2 saturated heterocycles. The van der Waals surface area contributed by atoms with Gasteiger partial charge in [0, 0.05) is 70.0 Å². The van der Waals surface area contributed by atoms with Gasteiger partial charge in [0.25, 0.3) is 10.2 Å². The Morgan fingerprint density at radius 1 is 0.963 bits per heavy atom. The van der Waals surface area contributed by atoms with Crippen LogP contribution in [0.25, 0.3) is 0 Å². The lowest BCUT2D eigenvalue weighted by molar-refractivity contribution is 0.149. The molecule has 1 aromatic rings. The predicted octanol–water partition coefficient (Wildman–Crippen LogP) is 1.48. The number of nitrogens with zero attached hydrogens (tertiary/aromatic N) is 4. The Balaban J connectivity index is 1.44. The first-order valence-electron chi connectivity index (χ1n) is 9.10. The van der Waals surface area contributed by atoms with Gasteiger partial charge in [-0.25, -0.2) is 0 Å². The van der Waals surface area contributed by atoms with E-state index in [0.717, 1.165) is 13.1 Å². The van der Waals surface area contributed by atoms with E-state index in [4.69, 9.17) is 27.9 Å². The summed E-state index contributed by atoms with van der Waals surface area (Å²) in [6.45, 7) is 6.28. The summed E-state index contributed by atoms with van der Waals surface area (Å²) in [5, 5.41) is 1.11. The molecule has 10 heteroatoms. The number of ether oxygens (including phenoxy) is 1. The Bertz CT molecular complexity index is 734. The zero-order valence-electron chi connectivity index (χ0n) is 15.5. The van der Waals surface area contributed by atoms with Crippen molar-refractivity contribution in [2.45, 2.75) is 0 Å². The molecule has 27 heavy (non-hydrogen) atoms. The molecule has 2 heterocycles. The molecular formula is C17H26Cl2N4O3S. The van der Waals surface area contributed by atoms with Crippen LogP contribution >= 0.6 is 23.2 Å². The molecule has 0 aliphatic carbocycles. The highest BCUT2D eigenvalue weighted by Crippen LogP contribution is 2.27. The van der Waals surface area contributed by atoms with Crippen LogP contribution in [0.15, 0.2) is 18.2 Å². The summed E-state index contributed by atoms with van der Waals surface area (Å²) in [6, 6.07) is 5.13. The first-order chi connectivity index (χ1) is 12.9. The van der Waals surface area contributed by atoms with Crippen LogP contribution in [0.5, 0.6) is 5.75 Å². The average molecular weight is 437 g/mol. The number of hydrogen-bond acceptors (Lipinski definition) is 5. The van der Waals surface area contributed by atoms with E-state index in [1.54, 1.807) is 26.8 Å². The fraction of sp³-hybridized carbons (Fsp3) is 0.647. The summed E-state index contributed by atoms with van der Waals surface area (Å²) in [5.74, 6) is 0.570. The van der Waals surface area contributed by atoms with Crippen molar-refractivity contribution in [3.05, 3.63) is 28.2 Å². The summed E-state index contributed by atoms with van der Waals surface area (Å²) >= 11 is 12.0. The topological polar surface area (TPSA) is 56.3 Å². The minimum Gasteiger partial charge on any atom is -0.491 e. The Kier molecular flexibility index (Phi) is 7.24. The van der Waals surface area contributed by atoms with E-state index in [2.05, 4.69) is 9.80 Å². The highest BCUT2D eigenvalue weighted by atomic mass is 35.5. The lowest BCUT2D eigenvalue weighted by Gasteiger charge is -2.39. The maximum atomic E-state index is 12.8. The highest BCUT2D eigenvalue weighted by Gasteiger charge is 2.33. The molecule has 0 bridgehead atoms. The normalized spacial score (nSPS) is 21.4. The molecule has 3 rings (SSSR count). The van der Waals surface area contributed by atoms with Crippen molar-refractivity contribution in [3.8, 4) is 5.75 Å². The molecule has 0 atom stereocenters. The first-order valence-corrected chi connectivity index (χ1v) is 11.3. The Morgan fingerprint density at radius 2 is 1.56 bits per heavy atom. The fourth-order valence-corrected chi connectivity index (χ4v) is 5.15. The minimum atomic E-state index is -3.36. The average Bonchev–Trinajstić information content (AvgIpc) is 2.65. The number of likely N-dealkylation sites (N-methyl/N-ethyl adjacent to an activating group) is 1. The van der Waals surface area contributed by atoms with Crippen molar-refractivity contribution in [1.82, 2.24) is 18.4 Å². The lowest BCUT2D eigenvalue weighted by Crippen LogP contribution is -2.56. The first kappa shape index (κ1) is 21.1. The number of halogens is 2. The van der Waals surface area contributed by atoms with Gasteiger partial charge in [0.05, 0.1) is 5.02 Å². The van der Waals surface area contributed by atoms with Crippen LogP contribution in [-0.2, 0) is 10.2 Å². The SMILES string of the molecule is CN1CCN(S(=O)(=O)N2CCN(CCOc3cc(Cl)ccc3Cl)CC2)CC1. The van der Waals surface area contributed by atoms with Crippen molar-refractivity contribution in [2.75, 3.05) is 72.6 Å². The van der Waals surface area contributed by atoms with Crippen molar-refractivity contribution in [2.24, 2.45) is 0 Å². The monoisotopic (exact) mass is 436 g/mol. The fourth-order valence-electron chi connectivity index (χ4n) is 3.24. The largest absolute Gasteiger partial charge is 0.491 e. The second-order valence-corrected chi connectivity index (χ2v) is 9.65. The Hall–Kier alpha value is -0.610. The molecule has 7 nitrogen and oxygen atoms in total. The molecule has 1 aromatic carbocycles. The zero-order valence-corrected chi connectivity index (χ0v) is 17.8. The van der Waals surface area contributed by atoms with E-state index < -0.39 is 10.2 Å². The molecule has 2 aliphatic rings. The van der Waals surface area contributed by atoms with E-state index >= 15 is 0 Å². The number of rotatable bonds is 6. The van der Waals surface area contributed by atoms with Gasteiger partial charge in [-0.05, 0) is 19.2 Å². The lowest BCUT2D eigenvalue weighted by atomic mass is 10.3. The molecule has 2 aliphatic heterocycles. The molecule has 0 aromatic heterocycles. The summed E-state index contributed by atoms with van der Waals surface area (Å²) in [7, 11) is -1.34. The van der Waals surface area contributed by atoms with Gasteiger partial charge in [0.2, 0.25) is 0 Å². The van der Waals surface area contributed by atoms with Gasteiger partial charge in [0.1, 0.15) is 12.4 Å². The third-order valence-electron chi connectivity index (χ3n) is 5.00. The molecular weight excluding hydrogens is 411 g/mol. The molecule has 0 spiro atoms. The van der Waals surface area contributed by atoms with Crippen LogP contribution in [0.3, 0.4) is 0 Å². The van der Waals surface area contributed by atoms with E-state index in [1.165, 1.54) is 0 Å². The summed E-state index contributed by atoms with van der Waals surface area (Å²) in [5.41, 5.74) is 0. The highest BCUT2D eigenvalue weighted by molar-refractivity contribution is 7.86. The van der Waals surface area contributed by atoms with Crippen LogP contribution in [-0.4, -0.2) is 99.4 Å². The molecule has 0 N–H and O–H groups in total. The number of hydrogen-bond donors (Lipinski definition) is 0. The zero-order chi connectivity index (χ0) is 19.4. The second-order valence-electron chi connectivity index (χ2n) is 6.87. The maximum absolute atomic E-state index is 12.8.